The highest BCUT2D eigenvalue weighted by Gasteiger charge is 2.18. The summed E-state index contributed by atoms with van der Waals surface area (Å²) < 4.78 is -0.708. The number of carbonyl (C=O) groups is 1. The molecular formula is C10H12INO3. The van der Waals surface area contributed by atoms with Crippen molar-refractivity contribution in [2.75, 3.05) is 6.61 Å². The molecule has 0 aromatic heterocycles. The Kier molecular flexibility index (Phi) is 5.00. The quantitative estimate of drug-likeness (QED) is 0.432. The van der Waals surface area contributed by atoms with Crippen molar-refractivity contribution in [3.8, 4) is 0 Å². The van der Waals surface area contributed by atoms with Crippen LogP contribution in [0.1, 0.15) is 11.6 Å². The Morgan fingerprint density at radius 1 is 1.40 bits per heavy atom. The molecule has 15 heavy (non-hydrogen) atoms. The lowest BCUT2D eigenvalue weighted by atomic mass is 10.1. The van der Waals surface area contributed by atoms with Crippen molar-refractivity contribution in [2.45, 2.75) is 10.1 Å². The molecule has 0 aliphatic carbocycles. The van der Waals surface area contributed by atoms with E-state index in [0.29, 0.717) is 0 Å². The highest BCUT2D eigenvalue weighted by atomic mass is 127. The van der Waals surface area contributed by atoms with Crippen molar-refractivity contribution >= 4 is 28.6 Å². The fourth-order valence-electron chi connectivity index (χ4n) is 1.19. The molecule has 2 atom stereocenters. The van der Waals surface area contributed by atoms with E-state index in [-0.39, 0.29) is 12.6 Å². The molecule has 0 aliphatic rings. The molecule has 0 saturated heterocycles. The number of aliphatic hydroxyl groups is 1. The van der Waals surface area contributed by atoms with Crippen molar-refractivity contribution in [2.24, 2.45) is 0 Å². The maximum absolute atomic E-state index is 10.6. The minimum Gasteiger partial charge on any atom is -0.479 e. The Bertz CT molecular complexity index is 318. The molecule has 0 unspecified atom stereocenters. The van der Waals surface area contributed by atoms with Gasteiger partial charge in [0.2, 0.25) is 0 Å². The van der Waals surface area contributed by atoms with E-state index in [1.54, 1.807) is 22.6 Å². The average molecular weight is 321 g/mol. The van der Waals surface area contributed by atoms with Crippen LogP contribution in [0.5, 0.6) is 0 Å². The Morgan fingerprint density at radius 2 is 2.00 bits per heavy atom. The second-order valence-corrected chi connectivity index (χ2v) is 4.26. The minimum absolute atomic E-state index is 0.128. The lowest BCUT2D eigenvalue weighted by molar-refractivity contribution is -0.136. The molecule has 0 heterocycles. The number of benzene rings is 1. The molecule has 5 heteroatoms. The van der Waals surface area contributed by atoms with Gasteiger partial charge in [-0.1, -0.05) is 52.9 Å². The Morgan fingerprint density at radius 3 is 2.47 bits per heavy atom. The monoisotopic (exact) mass is 321 g/mol. The molecule has 0 radical (unpaired) electrons. The van der Waals surface area contributed by atoms with Crippen LogP contribution >= 0.6 is 22.6 Å². The molecule has 1 aromatic carbocycles. The molecule has 1 rings (SSSR count). The van der Waals surface area contributed by atoms with Crippen LogP contribution in [-0.2, 0) is 4.79 Å². The summed E-state index contributed by atoms with van der Waals surface area (Å²) in [6.07, 6.45) is 0. The average Bonchev–Trinajstić information content (AvgIpc) is 2.26. The van der Waals surface area contributed by atoms with E-state index >= 15 is 0 Å². The number of carboxylic acids is 1. The van der Waals surface area contributed by atoms with Crippen LogP contribution in [0.3, 0.4) is 0 Å². The van der Waals surface area contributed by atoms with Gasteiger partial charge >= 0.3 is 5.97 Å². The number of nitrogens with one attached hydrogen (secondary N) is 1. The van der Waals surface area contributed by atoms with Gasteiger partial charge < -0.3 is 10.2 Å². The van der Waals surface area contributed by atoms with E-state index in [0.717, 1.165) is 5.56 Å². The Labute approximate surface area is 101 Å². The fraction of sp³-hybridized carbons (Fsp3) is 0.300. The summed E-state index contributed by atoms with van der Waals surface area (Å²) >= 11 is 1.78. The van der Waals surface area contributed by atoms with Crippen LogP contribution in [0.25, 0.3) is 0 Å². The van der Waals surface area contributed by atoms with Crippen LogP contribution in [0, 0.1) is 0 Å². The van der Waals surface area contributed by atoms with Crippen LogP contribution in [0.2, 0.25) is 0 Å². The van der Waals surface area contributed by atoms with Gasteiger partial charge in [-0.25, -0.2) is 4.79 Å². The third kappa shape index (κ3) is 3.77. The molecule has 0 saturated carbocycles. The molecule has 0 aliphatic heterocycles. The normalized spacial score (nSPS) is 14.5. The van der Waals surface area contributed by atoms with E-state index in [9.17, 15) is 4.79 Å². The van der Waals surface area contributed by atoms with Crippen molar-refractivity contribution in [1.29, 1.82) is 0 Å². The standard InChI is InChI=1S/C10H12INO3/c11-9(10(14)15)12-8(6-13)7-4-2-1-3-5-7/h1-5,8-9,12-13H,6H2,(H,14,15)/t8-,9-/m1/s1. The van der Waals surface area contributed by atoms with Crippen LogP contribution < -0.4 is 5.32 Å². The molecule has 0 spiro atoms. The molecule has 1 aromatic rings. The van der Waals surface area contributed by atoms with Gasteiger partial charge in [-0.05, 0) is 5.56 Å². The number of aliphatic hydroxyl groups excluding tert-OH is 1. The Hall–Kier alpha value is -0.660. The molecule has 0 bridgehead atoms. The summed E-state index contributed by atoms with van der Waals surface area (Å²) in [5.41, 5.74) is 0.878. The van der Waals surface area contributed by atoms with Crippen molar-refractivity contribution in [3.63, 3.8) is 0 Å². The Balaban J connectivity index is 2.69. The van der Waals surface area contributed by atoms with Gasteiger partial charge in [0.25, 0.3) is 0 Å². The number of hydrogen-bond donors (Lipinski definition) is 3. The van der Waals surface area contributed by atoms with Gasteiger partial charge in [-0.2, -0.15) is 0 Å². The van der Waals surface area contributed by atoms with Gasteiger partial charge in [0.15, 0.2) is 4.05 Å². The summed E-state index contributed by atoms with van der Waals surface area (Å²) in [6.45, 7) is -0.128. The van der Waals surface area contributed by atoms with Crippen molar-refractivity contribution < 1.29 is 15.0 Å². The largest absolute Gasteiger partial charge is 0.479 e. The summed E-state index contributed by atoms with van der Waals surface area (Å²) in [5, 5.41) is 20.7. The molecule has 0 fully saturated rings. The molecule has 4 nitrogen and oxygen atoms in total. The predicted molar refractivity (Wildman–Crippen MR) is 64.8 cm³/mol. The van der Waals surface area contributed by atoms with Crippen LogP contribution in [-0.4, -0.2) is 26.8 Å². The first-order chi connectivity index (χ1) is 7.15. The van der Waals surface area contributed by atoms with Crippen LogP contribution in [0.15, 0.2) is 30.3 Å². The third-order valence-corrected chi connectivity index (χ3v) is 2.84. The van der Waals surface area contributed by atoms with E-state index < -0.39 is 10.0 Å². The first kappa shape index (κ1) is 12.4. The lowest BCUT2D eigenvalue weighted by Gasteiger charge is -2.18. The van der Waals surface area contributed by atoms with Gasteiger partial charge in [0.05, 0.1) is 12.6 Å². The van der Waals surface area contributed by atoms with E-state index in [2.05, 4.69) is 5.32 Å². The molecular weight excluding hydrogens is 309 g/mol. The zero-order valence-electron chi connectivity index (χ0n) is 7.93. The van der Waals surface area contributed by atoms with Crippen molar-refractivity contribution in [3.05, 3.63) is 35.9 Å². The van der Waals surface area contributed by atoms with Crippen LogP contribution in [0.4, 0.5) is 0 Å². The second kappa shape index (κ2) is 6.04. The second-order valence-electron chi connectivity index (χ2n) is 3.01. The van der Waals surface area contributed by atoms with E-state index in [1.165, 1.54) is 0 Å². The van der Waals surface area contributed by atoms with Gasteiger partial charge in [0, 0.05) is 0 Å². The highest BCUT2D eigenvalue weighted by Crippen LogP contribution is 2.14. The fourth-order valence-corrected chi connectivity index (χ4v) is 1.62. The number of hydrogen-bond acceptors (Lipinski definition) is 3. The van der Waals surface area contributed by atoms with Crippen molar-refractivity contribution in [1.82, 2.24) is 5.32 Å². The number of aliphatic carboxylic acids is 1. The molecule has 3 N–H and O–H groups in total. The van der Waals surface area contributed by atoms with Gasteiger partial charge in [0.1, 0.15) is 0 Å². The third-order valence-electron chi connectivity index (χ3n) is 1.95. The first-order valence-electron chi connectivity index (χ1n) is 4.44. The summed E-state index contributed by atoms with van der Waals surface area (Å²) in [7, 11) is 0. The number of rotatable bonds is 5. The number of halogens is 1. The molecule has 0 amide bonds. The molecule has 82 valence electrons. The number of carboxylic acid groups (broad SMARTS) is 1. The summed E-state index contributed by atoms with van der Waals surface area (Å²) in [5.74, 6) is -0.940. The number of alkyl halides is 1. The topological polar surface area (TPSA) is 69.6 Å². The summed E-state index contributed by atoms with van der Waals surface area (Å²) in [6, 6.07) is 8.92. The first-order valence-corrected chi connectivity index (χ1v) is 5.68. The zero-order valence-corrected chi connectivity index (χ0v) is 10.1. The lowest BCUT2D eigenvalue weighted by Crippen LogP contribution is -2.35. The van der Waals surface area contributed by atoms with Gasteiger partial charge in [-0.15, -0.1) is 0 Å². The predicted octanol–water partition coefficient (Wildman–Crippen LogP) is 1.16. The van der Waals surface area contributed by atoms with E-state index in [1.807, 2.05) is 30.3 Å². The SMILES string of the molecule is O=C(O)[C@H](I)N[C@H](CO)c1ccccc1. The minimum atomic E-state index is -0.940. The highest BCUT2D eigenvalue weighted by molar-refractivity contribution is 14.1. The zero-order chi connectivity index (χ0) is 11.3. The van der Waals surface area contributed by atoms with Gasteiger partial charge in [-0.3, -0.25) is 5.32 Å². The van der Waals surface area contributed by atoms with E-state index in [4.69, 9.17) is 10.2 Å². The smallest absolute Gasteiger partial charge is 0.330 e. The maximum atomic E-state index is 10.6. The summed E-state index contributed by atoms with van der Waals surface area (Å²) in [4.78, 5) is 10.6. The maximum Gasteiger partial charge on any atom is 0.330 e.